The van der Waals surface area contributed by atoms with Gasteiger partial charge in [0.05, 0.1) is 29.3 Å². The number of hydrogen-bond acceptors (Lipinski definition) is 7. The SMILES string of the molecule is Cc1nccc(-c2cc(-c3cnco3)c(OC[C@@](C)(N)CC(C)C)cn2)n1. The van der Waals surface area contributed by atoms with Crippen LogP contribution in [0.5, 0.6) is 5.75 Å². The Balaban J connectivity index is 1.92. The normalized spacial score (nSPS) is 13.6. The summed E-state index contributed by atoms with van der Waals surface area (Å²) in [6.45, 7) is 8.50. The first-order chi connectivity index (χ1) is 12.8. The van der Waals surface area contributed by atoms with Crippen LogP contribution in [-0.4, -0.2) is 32.1 Å². The minimum atomic E-state index is -0.435. The fourth-order valence-electron chi connectivity index (χ4n) is 3.07. The summed E-state index contributed by atoms with van der Waals surface area (Å²) >= 11 is 0. The summed E-state index contributed by atoms with van der Waals surface area (Å²) in [5, 5.41) is 0. The van der Waals surface area contributed by atoms with E-state index in [1.807, 2.05) is 26.0 Å². The number of hydrogen-bond donors (Lipinski definition) is 1. The Labute approximate surface area is 159 Å². The molecule has 0 aromatic carbocycles. The van der Waals surface area contributed by atoms with Crippen LogP contribution in [0.1, 0.15) is 33.0 Å². The van der Waals surface area contributed by atoms with Gasteiger partial charge >= 0.3 is 0 Å². The standard InChI is InChI=1S/C20H25N5O2/c1-13(2)8-20(4,21)11-26-19-10-24-17(16-5-6-23-14(3)25-16)7-15(19)18-9-22-12-27-18/h5-7,9-10,12-13H,8,11,21H2,1-4H3/t20-/m0/s1. The van der Waals surface area contributed by atoms with Crippen LogP contribution in [0.25, 0.3) is 22.7 Å². The minimum absolute atomic E-state index is 0.375. The van der Waals surface area contributed by atoms with Gasteiger partial charge in [0.1, 0.15) is 18.2 Å². The van der Waals surface area contributed by atoms with E-state index in [1.54, 1.807) is 18.6 Å². The Hall–Kier alpha value is -2.80. The number of aromatic nitrogens is 4. The molecule has 27 heavy (non-hydrogen) atoms. The molecule has 7 heteroatoms. The van der Waals surface area contributed by atoms with Crippen LogP contribution in [-0.2, 0) is 0 Å². The number of oxazole rings is 1. The molecule has 0 saturated carbocycles. The summed E-state index contributed by atoms with van der Waals surface area (Å²) in [5.74, 6) is 2.37. The van der Waals surface area contributed by atoms with Crippen molar-refractivity contribution in [1.29, 1.82) is 0 Å². The molecule has 3 rings (SSSR count). The van der Waals surface area contributed by atoms with Crippen LogP contribution in [0.2, 0.25) is 0 Å². The molecular formula is C20H25N5O2. The molecule has 3 aromatic rings. The van der Waals surface area contributed by atoms with E-state index in [4.69, 9.17) is 14.9 Å². The molecule has 3 heterocycles. The smallest absolute Gasteiger partial charge is 0.181 e. The highest BCUT2D eigenvalue weighted by Gasteiger charge is 2.22. The van der Waals surface area contributed by atoms with E-state index in [9.17, 15) is 0 Å². The van der Waals surface area contributed by atoms with E-state index in [1.165, 1.54) is 6.39 Å². The Bertz CT molecular complexity index is 891. The molecule has 0 saturated heterocycles. The largest absolute Gasteiger partial charge is 0.489 e. The molecule has 0 aliphatic carbocycles. The van der Waals surface area contributed by atoms with E-state index < -0.39 is 5.54 Å². The highest BCUT2D eigenvalue weighted by molar-refractivity contribution is 5.70. The van der Waals surface area contributed by atoms with E-state index in [-0.39, 0.29) is 0 Å². The zero-order chi connectivity index (χ0) is 19.4. The molecule has 0 aliphatic rings. The number of nitrogens with two attached hydrogens (primary N) is 1. The highest BCUT2D eigenvalue weighted by Crippen LogP contribution is 2.33. The fraction of sp³-hybridized carbons (Fsp3) is 0.400. The summed E-state index contributed by atoms with van der Waals surface area (Å²) in [5.41, 5.74) is 8.14. The quantitative estimate of drug-likeness (QED) is 0.680. The van der Waals surface area contributed by atoms with Gasteiger partial charge in [0.25, 0.3) is 0 Å². The molecule has 0 amide bonds. The van der Waals surface area contributed by atoms with Crippen molar-refractivity contribution in [2.45, 2.75) is 39.7 Å². The lowest BCUT2D eigenvalue weighted by molar-refractivity contribution is 0.206. The second-order valence-electron chi connectivity index (χ2n) is 7.46. The van der Waals surface area contributed by atoms with E-state index in [0.717, 1.165) is 17.7 Å². The molecule has 1 atom stereocenters. The van der Waals surface area contributed by atoms with Crippen LogP contribution >= 0.6 is 0 Å². The molecule has 0 aliphatic heterocycles. The van der Waals surface area contributed by atoms with Crippen LogP contribution in [0.15, 0.2) is 41.5 Å². The molecule has 7 nitrogen and oxygen atoms in total. The van der Waals surface area contributed by atoms with Crippen molar-refractivity contribution >= 4 is 0 Å². The lowest BCUT2D eigenvalue weighted by atomic mass is 9.93. The highest BCUT2D eigenvalue weighted by atomic mass is 16.5. The van der Waals surface area contributed by atoms with Crippen molar-refractivity contribution in [2.75, 3.05) is 6.61 Å². The van der Waals surface area contributed by atoms with Gasteiger partial charge in [-0.25, -0.2) is 15.0 Å². The maximum absolute atomic E-state index is 6.37. The number of rotatable bonds is 7. The Morgan fingerprint density at radius 2 is 2.04 bits per heavy atom. The summed E-state index contributed by atoms with van der Waals surface area (Å²) in [4.78, 5) is 17.1. The fourth-order valence-corrected chi connectivity index (χ4v) is 3.07. The third-order valence-electron chi connectivity index (χ3n) is 4.04. The molecule has 0 unspecified atom stereocenters. The molecule has 2 N–H and O–H groups in total. The van der Waals surface area contributed by atoms with Crippen LogP contribution in [0.4, 0.5) is 0 Å². The predicted octanol–water partition coefficient (Wildman–Crippen LogP) is 3.64. The lowest BCUT2D eigenvalue weighted by Gasteiger charge is -2.27. The number of ether oxygens (including phenoxy) is 1. The molecule has 3 aromatic heterocycles. The van der Waals surface area contributed by atoms with Crippen molar-refractivity contribution in [2.24, 2.45) is 11.7 Å². The Morgan fingerprint density at radius 1 is 1.22 bits per heavy atom. The monoisotopic (exact) mass is 367 g/mol. The topological polar surface area (TPSA) is 100.0 Å². The summed E-state index contributed by atoms with van der Waals surface area (Å²) < 4.78 is 11.5. The van der Waals surface area contributed by atoms with Gasteiger partial charge < -0.3 is 14.9 Å². The van der Waals surface area contributed by atoms with E-state index in [2.05, 4.69) is 33.8 Å². The average Bonchev–Trinajstić information content (AvgIpc) is 3.13. The van der Waals surface area contributed by atoms with Crippen molar-refractivity contribution < 1.29 is 9.15 Å². The van der Waals surface area contributed by atoms with Gasteiger partial charge in [-0.2, -0.15) is 0 Å². The molecule has 0 bridgehead atoms. The van der Waals surface area contributed by atoms with Gasteiger partial charge in [-0.3, -0.25) is 4.98 Å². The molecule has 0 fully saturated rings. The van der Waals surface area contributed by atoms with Crippen LogP contribution in [0, 0.1) is 12.8 Å². The van der Waals surface area contributed by atoms with E-state index >= 15 is 0 Å². The zero-order valence-corrected chi connectivity index (χ0v) is 16.1. The van der Waals surface area contributed by atoms with Gasteiger partial charge in [0.15, 0.2) is 12.2 Å². The molecular weight excluding hydrogens is 342 g/mol. The van der Waals surface area contributed by atoms with Crippen molar-refractivity contribution in [3.05, 3.63) is 42.9 Å². The number of aryl methyl sites for hydroxylation is 1. The summed E-state index contributed by atoms with van der Waals surface area (Å²) in [6, 6.07) is 3.70. The third-order valence-corrected chi connectivity index (χ3v) is 4.04. The average molecular weight is 367 g/mol. The lowest BCUT2D eigenvalue weighted by Crippen LogP contribution is -2.43. The van der Waals surface area contributed by atoms with Crippen molar-refractivity contribution in [3.8, 4) is 28.5 Å². The molecule has 0 radical (unpaired) electrons. The zero-order valence-electron chi connectivity index (χ0n) is 16.1. The first-order valence-electron chi connectivity index (χ1n) is 8.95. The summed E-state index contributed by atoms with van der Waals surface area (Å²) in [6.07, 6.45) is 7.28. The van der Waals surface area contributed by atoms with Crippen molar-refractivity contribution in [3.63, 3.8) is 0 Å². The van der Waals surface area contributed by atoms with Crippen molar-refractivity contribution in [1.82, 2.24) is 19.9 Å². The Kier molecular flexibility index (Phi) is 5.51. The number of pyridine rings is 1. The van der Waals surface area contributed by atoms with Crippen LogP contribution < -0.4 is 10.5 Å². The third kappa shape index (κ3) is 4.89. The van der Waals surface area contributed by atoms with Gasteiger partial charge in [0, 0.05) is 11.7 Å². The summed E-state index contributed by atoms with van der Waals surface area (Å²) in [7, 11) is 0. The maximum Gasteiger partial charge on any atom is 0.181 e. The van der Waals surface area contributed by atoms with Gasteiger partial charge in [-0.05, 0) is 38.3 Å². The minimum Gasteiger partial charge on any atom is -0.489 e. The Morgan fingerprint density at radius 3 is 2.70 bits per heavy atom. The first kappa shape index (κ1) is 19.0. The van der Waals surface area contributed by atoms with Gasteiger partial charge in [-0.15, -0.1) is 0 Å². The van der Waals surface area contributed by atoms with Gasteiger partial charge in [-0.1, -0.05) is 13.8 Å². The first-order valence-corrected chi connectivity index (χ1v) is 8.95. The predicted molar refractivity (Wildman–Crippen MR) is 103 cm³/mol. The molecule has 142 valence electrons. The van der Waals surface area contributed by atoms with Gasteiger partial charge in [0.2, 0.25) is 0 Å². The van der Waals surface area contributed by atoms with Crippen LogP contribution in [0.3, 0.4) is 0 Å². The molecule has 0 spiro atoms. The maximum atomic E-state index is 6.37. The second kappa shape index (κ2) is 7.84. The second-order valence-corrected chi connectivity index (χ2v) is 7.46. The number of nitrogens with zero attached hydrogens (tertiary/aromatic N) is 4. The van der Waals surface area contributed by atoms with E-state index in [0.29, 0.717) is 35.6 Å².